The number of benzene rings is 2. The number of carbonyl (C=O) groups is 1. The highest BCUT2D eigenvalue weighted by Crippen LogP contribution is 2.33. The smallest absolute Gasteiger partial charge is 0.274 e. The Morgan fingerprint density at radius 1 is 0.964 bits per heavy atom. The summed E-state index contributed by atoms with van der Waals surface area (Å²) in [7, 11) is 0. The van der Waals surface area contributed by atoms with Crippen molar-refractivity contribution in [1.82, 2.24) is 4.98 Å². The standard InChI is InChI=1S/C21H18ClN3O3/c1-13-2-3-14(10-17(13)22)25-21(26)18-6-4-16(12-23-18)24-15-5-7-19-20(11-15)28-9-8-27-19/h2-7,10-12,24H,8-9H2,1H3,(H,25,26). The predicted octanol–water partition coefficient (Wildman–Crippen LogP) is 4.81. The fraction of sp³-hybridized carbons (Fsp3) is 0.143. The first-order valence-corrected chi connectivity index (χ1v) is 9.16. The van der Waals surface area contributed by atoms with Gasteiger partial charge in [-0.2, -0.15) is 0 Å². The number of aromatic nitrogens is 1. The van der Waals surface area contributed by atoms with Crippen LogP contribution < -0.4 is 20.1 Å². The number of rotatable bonds is 4. The zero-order valence-corrected chi connectivity index (χ0v) is 15.9. The Kier molecular flexibility index (Phi) is 5.04. The van der Waals surface area contributed by atoms with Crippen LogP contribution in [0.5, 0.6) is 11.5 Å². The summed E-state index contributed by atoms with van der Waals surface area (Å²) in [6.45, 7) is 3.00. The number of carbonyl (C=O) groups excluding carboxylic acids is 1. The lowest BCUT2D eigenvalue weighted by Gasteiger charge is -2.19. The maximum absolute atomic E-state index is 12.4. The van der Waals surface area contributed by atoms with E-state index in [1.54, 1.807) is 30.5 Å². The third kappa shape index (κ3) is 4.02. The van der Waals surface area contributed by atoms with E-state index < -0.39 is 0 Å². The molecule has 0 radical (unpaired) electrons. The number of halogens is 1. The molecule has 2 N–H and O–H groups in total. The number of ether oxygens (including phenoxy) is 2. The molecule has 6 nitrogen and oxygen atoms in total. The molecule has 1 aromatic heterocycles. The van der Waals surface area contributed by atoms with E-state index in [1.165, 1.54) is 0 Å². The van der Waals surface area contributed by atoms with Gasteiger partial charge in [-0.15, -0.1) is 0 Å². The maximum Gasteiger partial charge on any atom is 0.274 e. The lowest BCUT2D eigenvalue weighted by Crippen LogP contribution is -2.15. The zero-order chi connectivity index (χ0) is 19.5. The number of aryl methyl sites for hydroxylation is 1. The van der Waals surface area contributed by atoms with Crippen LogP contribution in [0.1, 0.15) is 16.1 Å². The van der Waals surface area contributed by atoms with E-state index in [4.69, 9.17) is 21.1 Å². The second-order valence-electron chi connectivity index (χ2n) is 6.33. The van der Waals surface area contributed by atoms with Gasteiger partial charge in [0.15, 0.2) is 11.5 Å². The summed E-state index contributed by atoms with van der Waals surface area (Å²) in [5, 5.41) is 6.63. The molecule has 0 fully saturated rings. The molecule has 0 bridgehead atoms. The molecule has 1 aliphatic rings. The van der Waals surface area contributed by atoms with E-state index in [2.05, 4.69) is 15.6 Å². The Labute approximate surface area is 167 Å². The highest BCUT2D eigenvalue weighted by atomic mass is 35.5. The number of amides is 1. The molecule has 2 aromatic carbocycles. The van der Waals surface area contributed by atoms with Crippen molar-refractivity contribution >= 4 is 34.6 Å². The number of nitrogens with zero attached hydrogens (tertiary/aromatic N) is 1. The van der Waals surface area contributed by atoms with Gasteiger partial charge in [-0.25, -0.2) is 4.98 Å². The molecule has 0 atom stereocenters. The SMILES string of the molecule is Cc1ccc(NC(=O)c2ccc(Nc3ccc4c(c3)OCCO4)cn2)cc1Cl. The molecule has 1 amide bonds. The van der Waals surface area contributed by atoms with E-state index in [0.29, 0.717) is 35.4 Å². The molecule has 4 rings (SSSR count). The van der Waals surface area contributed by atoms with Crippen molar-refractivity contribution in [3.8, 4) is 11.5 Å². The number of pyridine rings is 1. The molecule has 0 aliphatic carbocycles. The highest BCUT2D eigenvalue weighted by Gasteiger charge is 2.12. The molecule has 28 heavy (non-hydrogen) atoms. The van der Waals surface area contributed by atoms with Crippen LogP contribution in [0.3, 0.4) is 0 Å². The van der Waals surface area contributed by atoms with E-state index in [1.807, 2.05) is 31.2 Å². The van der Waals surface area contributed by atoms with Crippen molar-refractivity contribution in [1.29, 1.82) is 0 Å². The van der Waals surface area contributed by atoms with E-state index >= 15 is 0 Å². The van der Waals surface area contributed by atoms with Gasteiger partial charge < -0.3 is 20.1 Å². The monoisotopic (exact) mass is 395 g/mol. The minimum Gasteiger partial charge on any atom is -0.486 e. The van der Waals surface area contributed by atoms with Crippen LogP contribution in [0.4, 0.5) is 17.1 Å². The molecular weight excluding hydrogens is 378 g/mol. The van der Waals surface area contributed by atoms with Crippen LogP contribution in [0.25, 0.3) is 0 Å². The highest BCUT2D eigenvalue weighted by molar-refractivity contribution is 6.31. The van der Waals surface area contributed by atoms with Crippen molar-refractivity contribution in [3.63, 3.8) is 0 Å². The van der Waals surface area contributed by atoms with Gasteiger partial charge in [0.1, 0.15) is 18.9 Å². The summed E-state index contributed by atoms with van der Waals surface area (Å²) in [5.41, 5.74) is 3.49. The van der Waals surface area contributed by atoms with Crippen LogP contribution in [-0.4, -0.2) is 24.1 Å². The summed E-state index contributed by atoms with van der Waals surface area (Å²) in [4.78, 5) is 16.6. The second-order valence-corrected chi connectivity index (χ2v) is 6.74. The van der Waals surface area contributed by atoms with Gasteiger partial charge in [-0.3, -0.25) is 4.79 Å². The fourth-order valence-corrected chi connectivity index (χ4v) is 2.94. The van der Waals surface area contributed by atoms with Crippen LogP contribution in [0, 0.1) is 6.92 Å². The summed E-state index contributed by atoms with van der Waals surface area (Å²) in [5.74, 6) is 1.14. The second kappa shape index (κ2) is 7.78. The van der Waals surface area contributed by atoms with Crippen molar-refractivity contribution < 1.29 is 14.3 Å². The first-order chi connectivity index (χ1) is 13.6. The first-order valence-electron chi connectivity index (χ1n) is 8.79. The quantitative estimate of drug-likeness (QED) is 0.663. The van der Waals surface area contributed by atoms with Gasteiger partial charge in [-0.05, 0) is 48.9 Å². The number of fused-ring (bicyclic) bond motifs is 1. The van der Waals surface area contributed by atoms with Crippen LogP contribution in [0.15, 0.2) is 54.7 Å². The van der Waals surface area contributed by atoms with Gasteiger partial charge >= 0.3 is 0 Å². The van der Waals surface area contributed by atoms with Crippen molar-refractivity contribution in [2.45, 2.75) is 6.92 Å². The summed E-state index contributed by atoms with van der Waals surface area (Å²) >= 11 is 6.09. The number of hydrogen-bond acceptors (Lipinski definition) is 5. The Balaban J connectivity index is 1.43. The molecule has 142 valence electrons. The third-order valence-corrected chi connectivity index (χ3v) is 4.66. The fourth-order valence-electron chi connectivity index (χ4n) is 2.76. The molecule has 0 unspecified atom stereocenters. The molecular formula is C21H18ClN3O3. The number of hydrogen-bond donors (Lipinski definition) is 2. The van der Waals surface area contributed by atoms with E-state index in [0.717, 1.165) is 22.7 Å². The first kappa shape index (κ1) is 18.1. The van der Waals surface area contributed by atoms with E-state index in [9.17, 15) is 4.79 Å². The molecule has 7 heteroatoms. The topological polar surface area (TPSA) is 72.5 Å². The van der Waals surface area contributed by atoms with Crippen molar-refractivity contribution in [2.24, 2.45) is 0 Å². The van der Waals surface area contributed by atoms with Crippen molar-refractivity contribution in [3.05, 3.63) is 71.0 Å². The molecule has 1 aliphatic heterocycles. The third-order valence-electron chi connectivity index (χ3n) is 4.26. The molecule has 0 saturated carbocycles. The van der Waals surface area contributed by atoms with Crippen LogP contribution >= 0.6 is 11.6 Å². The number of anilines is 3. The van der Waals surface area contributed by atoms with Crippen LogP contribution in [-0.2, 0) is 0 Å². The van der Waals surface area contributed by atoms with Crippen molar-refractivity contribution in [2.75, 3.05) is 23.8 Å². The van der Waals surface area contributed by atoms with Gasteiger partial charge in [0, 0.05) is 22.5 Å². The maximum atomic E-state index is 12.4. The minimum absolute atomic E-state index is 0.300. The predicted molar refractivity (Wildman–Crippen MR) is 109 cm³/mol. The average Bonchev–Trinajstić information content (AvgIpc) is 2.71. The molecule has 3 aromatic rings. The summed E-state index contributed by atoms with van der Waals surface area (Å²) < 4.78 is 11.1. The lowest BCUT2D eigenvalue weighted by atomic mass is 10.2. The Bertz CT molecular complexity index is 1020. The normalized spacial score (nSPS) is 12.4. The van der Waals surface area contributed by atoms with Gasteiger partial charge in [0.2, 0.25) is 0 Å². The summed E-state index contributed by atoms with van der Waals surface area (Å²) in [6.07, 6.45) is 1.60. The Hall–Kier alpha value is -3.25. The Morgan fingerprint density at radius 2 is 1.71 bits per heavy atom. The largest absolute Gasteiger partial charge is 0.486 e. The lowest BCUT2D eigenvalue weighted by molar-refractivity contribution is 0.102. The van der Waals surface area contributed by atoms with E-state index in [-0.39, 0.29) is 5.91 Å². The summed E-state index contributed by atoms with van der Waals surface area (Å²) in [6, 6.07) is 14.5. The van der Waals surface area contributed by atoms with Crippen LogP contribution in [0.2, 0.25) is 5.02 Å². The number of nitrogens with one attached hydrogen (secondary N) is 2. The Morgan fingerprint density at radius 3 is 2.46 bits per heavy atom. The molecule has 2 heterocycles. The average molecular weight is 396 g/mol. The van der Waals surface area contributed by atoms with Gasteiger partial charge in [0.05, 0.1) is 11.9 Å². The van der Waals surface area contributed by atoms with Gasteiger partial charge in [-0.1, -0.05) is 17.7 Å². The van der Waals surface area contributed by atoms with Gasteiger partial charge in [0.25, 0.3) is 5.91 Å². The minimum atomic E-state index is -0.300. The zero-order valence-electron chi connectivity index (χ0n) is 15.2. The molecule has 0 spiro atoms. The molecule has 0 saturated heterocycles.